The van der Waals surface area contributed by atoms with Crippen LogP contribution in [0, 0.1) is 0 Å². The number of methoxy groups -OCH3 is 1. The third kappa shape index (κ3) is 6.53. The minimum absolute atomic E-state index is 0.115. The molecule has 6 nitrogen and oxygen atoms in total. The van der Waals surface area contributed by atoms with Gasteiger partial charge in [0.25, 0.3) is 0 Å². The van der Waals surface area contributed by atoms with Crippen molar-refractivity contribution >= 4 is 16.0 Å². The second-order valence-corrected chi connectivity index (χ2v) is 6.24. The normalized spacial score (nSPS) is 11.2. The Kier molecular flexibility index (Phi) is 6.47. The fourth-order valence-corrected chi connectivity index (χ4v) is 2.75. The molecule has 0 radical (unpaired) electrons. The van der Waals surface area contributed by atoms with Crippen molar-refractivity contribution in [3.63, 3.8) is 0 Å². The van der Waals surface area contributed by atoms with Gasteiger partial charge in [-0.15, -0.1) is 0 Å². The van der Waals surface area contributed by atoms with Gasteiger partial charge >= 0.3 is 5.97 Å². The Bertz CT molecular complexity index is 541. The van der Waals surface area contributed by atoms with Crippen LogP contribution in [0.3, 0.4) is 0 Å². The van der Waals surface area contributed by atoms with Crippen LogP contribution in [0.4, 0.5) is 0 Å². The molecule has 112 valence electrons. The van der Waals surface area contributed by atoms with E-state index in [0.717, 1.165) is 11.3 Å². The molecule has 0 heterocycles. The number of carboxylic acids is 1. The van der Waals surface area contributed by atoms with E-state index in [2.05, 4.69) is 4.72 Å². The smallest absolute Gasteiger partial charge is 0.303 e. The summed E-state index contributed by atoms with van der Waals surface area (Å²) >= 11 is 0. The first kappa shape index (κ1) is 16.5. The van der Waals surface area contributed by atoms with Gasteiger partial charge in [0.1, 0.15) is 5.75 Å². The minimum Gasteiger partial charge on any atom is -0.497 e. The maximum Gasteiger partial charge on any atom is 0.303 e. The van der Waals surface area contributed by atoms with Gasteiger partial charge in [-0.1, -0.05) is 12.1 Å². The van der Waals surface area contributed by atoms with E-state index < -0.39 is 16.0 Å². The van der Waals surface area contributed by atoms with Crippen molar-refractivity contribution in [1.29, 1.82) is 0 Å². The largest absolute Gasteiger partial charge is 0.497 e. The zero-order valence-corrected chi connectivity index (χ0v) is 12.1. The van der Waals surface area contributed by atoms with E-state index in [-0.39, 0.29) is 25.1 Å². The van der Waals surface area contributed by atoms with Crippen LogP contribution >= 0.6 is 0 Å². The van der Waals surface area contributed by atoms with Crippen molar-refractivity contribution in [3.05, 3.63) is 29.8 Å². The summed E-state index contributed by atoms with van der Waals surface area (Å²) in [5, 5.41) is 8.46. The van der Waals surface area contributed by atoms with E-state index in [1.165, 1.54) is 0 Å². The van der Waals surface area contributed by atoms with Crippen LogP contribution in [-0.4, -0.2) is 38.9 Å². The Labute approximate surface area is 118 Å². The van der Waals surface area contributed by atoms with E-state index in [4.69, 9.17) is 9.84 Å². The number of sulfonamides is 1. The molecule has 1 rings (SSSR count). The number of carbonyl (C=O) groups is 1. The highest BCUT2D eigenvalue weighted by Crippen LogP contribution is 2.12. The molecule has 0 unspecified atom stereocenters. The van der Waals surface area contributed by atoms with E-state index in [1.807, 2.05) is 24.3 Å². The van der Waals surface area contributed by atoms with Crippen LogP contribution in [0.25, 0.3) is 0 Å². The molecular formula is C13H19NO5S. The summed E-state index contributed by atoms with van der Waals surface area (Å²) in [6.07, 6.45) is 0.524. The fourth-order valence-electron chi connectivity index (χ4n) is 1.66. The summed E-state index contributed by atoms with van der Waals surface area (Å²) in [7, 11) is -1.83. The van der Waals surface area contributed by atoms with Crippen molar-refractivity contribution in [2.45, 2.75) is 19.3 Å². The van der Waals surface area contributed by atoms with Gasteiger partial charge in [0.05, 0.1) is 12.9 Å². The van der Waals surface area contributed by atoms with Gasteiger partial charge in [0, 0.05) is 13.0 Å². The number of hydrogen-bond donors (Lipinski definition) is 2. The monoisotopic (exact) mass is 301 g/mol. The molecule has 0 aliphatic carbocycles. The first-order valence-corrected chi connectivity index (χ1v) is 7.90. The highest BCUT2D eigenvalue weighted by atomic mass is 32.2. The van der Waals surface area contributed by atoms with Crippen molar-refractivity contribution in [1.82, 2.24) is 4.72 Å². The van der Waals surface area contributed by atoms with Crippen LogP contribution in [0.15, 0.2) is 24.3 Å². The highest BCUT2D eigenvalue weighted by molar-refractivity contribution is 7.89. The van der Waals surface area contributed by atoms with Crippen LogP contribution in [0.2, 0.25) is 0 Å². The van der Waals surface area contributed by atoms with Gasteiger partial charge in [-0.2, -0.15) is 0 Å². The highest BCUT2D eigenvalue weighted by Gasteiger charge is 2.10. The average Bonchev–Trinajstić information content (AvgIpc) is 2.38. The van der Waals surface area contributed by atoms with Crippen LogP contribution < -0.4 is 9.46 Å². The summed E-state index contributed by atoms with van der Waals surface area (Å²) in [5.74, 6) is -0.430. The lowest BCUT2D eigenvalue weighted by Crippen LogP contribution is -2.28. The summed E-state index contributed by atoms with van der Waals surface area (Å²) in [5.41, 5.74) is 0.970. The van der Waals surface area contributed by atoms with Gasteiger partial charge in [0.2, 0.25) is 10.0 Å². The average molecular weight is 301 g/mol. The maximum atomic E-state index is 11.6. The minimum atomic E-state index is -3.41. The molecule has 0 saturated carbocycles. The molecule has 7 heteroatoms. The lowest BCUT2D eigenvalue weighted by atomic mass is 10.1. The summed E-state index contributed by atoms with van der Waals surface area (Å²) in [4.78, 5) is 10.3. The molecule has 0 saturated heterocycles. The first-order valence-electron chi connectivity index (χ1n) is 6.25. The Balaban J connectivity index is 2.36. The molecule has 0 bridgehead atoms. The van der Waals surface area contributed by atoms with E-state index >= 15 is 0 Å². The number of ether oxygens (including phenoxy) is 1. The van der Waals surface area contributed by atoms with Gasteiger partial charge in [-0.25, -0.2) is 13.1 Å². The van der Waals surface area contributed by atoms with Crippen LogP contribution in [-0.2, 0) is 21.2 Å². The third-order valence-corrected chi connectivity index (χ3v) is 4.14. The van der Waals surface area contributed by atoms with Crippen molar-refractivity contribution < 1.29 is 23.1 Å². The third-order valence-electron chi connectivity index (χ3n) is 2.67. The topological polar surface area (TPSA) is 92.7 Å². The molecule has 0 aliphatic heterocycles. The van der Waals surface area contributed by atoms with E-state index in [0.29, 0.717) is 6.42 Å². The Hall–Kier alpha value is -1.60. The Morgan fingerprint density at radius 1 is 1.40 bits per heavy atom. The maximum absolute atomic E-state index is 11.6. The zero-order valence-electron chi connectivity index (χ0n) is 11.3. The predicted molar refractivity (Wildman–Crippen MR) is 75.4 cm³/mol. The lowest BCUT2D eigenvalue weighted by Gasteiger charge is -2.07. The molecule has 0 atom stereocenters. The quantitative estimate of drug-likeness (QED) is 0.710. The number of nitrogens with one attached hydrogen (secondary N) is 1. The van der Waals surface area contributed by atoms with Crippen molar-refractivity contribution in [2.24, 2.45) is 0 Å². The Morgan fingerprint density at radius 2 is 2.15 bits per heavy atom. The molecule has 0 aliphatic rings. The molecule has 0 spiro atoms. The van der Waals surface area contributed by atoms with Crippen LogP contribution in [0.5, 0.6) is 5.75 Å². The van der Waals surface area contributed by atoms with Gasteiger partial charge in [-0.3, -0.25) is 4.79 Å². The molecule has 0 amide bonds. The second-order valence-electron chi connectivity index (χ2n) is 4.31. The lowest BCUT2D eigenvalue weighted by molar-refractivity contribution is -0.137. The number of aliphatic carboxylic acids is 1. The molecular weight excluding hydrogens is 282 g/mol. The number of hydrogen-bond acceptors (Lipinski definition) is 4. The second kappa shape index (κ2) is 7.86. The zero-order chi connectivity index (χ0) is 15.0. The van der Waals surface area contributed by atoms with Crippen LogP contribution in [0.1, 0.15) is 18.4 Å². The number of benzene rings is 1. The molecule has 0 fully saturated rings. The molecule has 0 aromatic heterocycles. The summed E-state index contributed by atoms with van der Waals surface area (Å²) in [6, 6.07) is 7.40. The molecule has 2 N–H and O–H groups in total. The number of rotatable bonds is 9. The first-order chi connectivity index (χ1) is 9.43. The SMILES string of the molecule is COc1cccc(CCNS(=O)(=O)CCCC(=O)O)c1. The van der Waals surface area contributed by atoms with Gasteiger partial charge in [-0.05, 0) is 30.5 Å². The van der Waals surface area contributed by atoms with Gasteiger partial charge < -0.3 is 9.84 Å². The number of carboxylic acid groups (broad SMARTS) is 1. The Morgan fingerprint density at radius 3 is 2.80 bits per heavy atom. The van der Waals surface area contributed by atoms with Crippen molar-refractivity contribution in [2.75, 3.05) is 19.4 Å². The fraction of sp³-hybridized carbons (Fsp3) is 0.462. The van der Waals surface area contributed by atoms with E-state index in [1.54, 1.807) is 7.11 Å². The van der Waals surface area contributed by atoms with E-state index in [9.17, 15) is 13.2 Å². The summed E-state index contributed by atoms with van der Waals surface area (Å²) in [6.45, 7) is 0.280. The molecule has 1 aromatic carbocycles. The van der Waals surface area contributed by atoms with Crippen molar-refractivity contribution in [3.8, 4) is 5.75 Å². The summed E-state index contributed by atoms with van der Waals surface area (Å²) < 4.78 is 30.7. The predicted octanol–water partition coefficient (Wildman–Crippen LogP) is 1.02. The standard InChI is InChI=1S/C13H19NO5S/c1-19-12-5-2-4-11(10-12)7-8-14-20(17,18)9-3-6-13(15)16/h2,4-5,10,14H,3,6-9H2,1H3,(H,15,16). The molecule has 1 aromatic rings. The molecule has 20 heavy (non-hydrogen) atoms. The van der Waals surface area contributed by atoms with Gasteiger partial charge in [0.15, 0.2) is 0 Å².